The van der Waals surface area contributed by atoms with E-state index >= 15 is 0 Å². The Morgan fingerprint density at radius 3 is 1.52 bits per heavy atom. The lowest BCUT2D eigenvalue weighted by atomic mass is 9.93. The standard InChI is InChI=1S/C23H26N2O7.C22H26N2O6/c1-4-5-10-32-21-13-18(25(28)29)17(12-20(21)30-2)22(26)24-14-16-9-7-6-8-15(16)11-19(24)23(27)31-3;1-3-4-9-30-21-12-19(24(27)28)18(11-20(21)29-2)22(26)23-13-16-8-6-5-7-15(16)10-17(23)14-25/h6-9,12-13,19H,4-5,10-11,14H2,1-3H3;5-8,11-12,17,25H,3-4,9-10,13-14H2,1-2H3/t19-;17-/m00/s1. The summed E-state index contributed by atoms with van der Waals surface area (Å²) >= 11 is 0. The van der Waals surface area contributed by atoms with E-state index in [4.69, 9.17) is 23.7 Å². The topological polar surface area (TPSA) is 210 Å². The number of nitro groups is 2. The maximum atomic E-state index is 13.5. The summed E-state index contributed by atoms with van der Waals surface area (Å²) in [5.41, 5.74) is 2.80. The van der Waals surface area contributed by atoms with Crippen LogP contribution in [0.3, 0.4) is 0 Å². The van der Waals surface area contributed by atoms with Gasteiger partial charge in [-0.15, -0.1) is 0 Å². The van der Waals surface area contributed by atoms with Gasteiger partial charge in [0.2, 0.25) is 0 Å². The van der Waals surface area contributed by atoms with Gasteiger partial charge in [-0.05, 0) is 41.5 Å². The van der Waals surface area contributed by atoms with Crippen molar-refractivity contribution < 1.29 is 53.0 Å². The van der Waals surface area contributed by atoms with Crippen LogP contribution in [0.5, 0.6) is 23.0 Å². The molecule has 1 N–H and O–H groups in total. The van der Waals surface area contributed by atoms with E-state index in [1.54, 1.807) is 0 Å². The lowest BCUT2D eigenvalue weighted by Gasteiger charge is -2.36. The fraction of sp³-hybridized carbons (Fsp3) is 0.400. The Labute approximate surface area is 359 Å². The molecule has 4 aromatic carbocycles. The van der Waals surface area contributed by atoms with Crippen molar-refractivity contribution in [2.24, 2.45) is 0 Å². The highest BCUT2D eigenvalue weighted by Gasteiger charge is 2.39. The molecule has 17 nitrogen and oxygen atoms in total. The van der Waals surface area contributed by atoms with Gasteiger partial charge in [0.05, 0.1) is 69.2 Å². The van der Waals surface area contributed by atoms with Crippen LogP contribution in [-0.2, 0) is 35.5 Å². The lowest BCUT2D eigenvalue weighted by Crippen LogP contribution is -2.49. The van der Waals surface area contributed by atoms with Gasteiger partial charge in [0.1, 0.15) is 17.2 Å². The van der Waals surface area contributed by atoms with Gasteiger partial charge in [-0.1, -0.05) is 75.2 Å². The summed E-state index contributed by atoms with van der Waals surface area (Å²) in [5, 5.41) is 33.4. The highest BCUT2D eigenvalue weighted by atomic mass is 16.6. The van der Waals surface area contributed by atoms with Gasteiger partial charge in [0.15, 0.2) is 23.0 Å². The van der Waals surface area contributed by atoms with Gasteiger partial charge >= 0.3 is 5.97 Å². The number of esters is 1. The predicted octanol–water partition coefficient (Wildman–Crippen LogP) is 6.86. The molecule has 0 unspecified atom stereocenters. The third-order valence-electron chi connectivity index (χ3n) is 10.7. The molecule has 0 spiro atoms. The fourth-order valence-corrected chi connectivity index (χ4v) is 7.32. The van der Waals surface area contributed by atoms with Crippen LogP contribution in [0.4, 0.5) is 11.4 Å². The van der Waals surface area contributed by atoms with Crippen LogP contribution in [0.1, 0.15) is 82.5 Å². The number of aliphatic hydroxyl groups is 1. The first-order valence-corrected chi connectivity index (χ1v) is 20.3. The number of hydrogen-bond donors (Lipinski definition) is 1. The van der Waals surface area contributed by atoms with E-state index in [1.165, 1.54) is 55.4 Å². The number of nitro benzene ring substituents is 2. The highest BCUT2D eigenvalue weighted by molar-refractivity contribution is 6.01. The van der Waals surface area contributed by atoms with Crippen molar-refractivity contribution in [3.63, 3.8) is 0 Å². The Kier molecular flexibility index (Phi) is 16.2. The Hall–Kier alpha value is -6.75. The molecule has 0 aliphatic carbocycles. The van der Waals surface area contributed by atoms with E-state index in [0.717, 1.165) is 47.9 Å². The number of rotatable bonds is 16. The van der Waals surface area contributed by atoms with Crippen LogP contribution in [0.25, 0.3) is 0 Å². The van der Waals surface area contributed by atoms with Crippen molar-refractivity contribution in [3.05, 3.63) is 126 Å². The second-order valence-electron chi connectivity index (χ2n) is 14.6. The Bertz CT molecular complexity index is 2260. The molecule has 2 amide bonds. The van der Waals surface area contributed by atoms with E-state index in [0.29, 0.717) is 19.6 Å². The van der Waals surface area contributed by atoms with Gasteiger partial charge in [0.25, 0.3) is 23.2 Å². The molecular formula is C45H52N4O13. The van der Waals surface area contributed by atoms with E-state index in [2.05, 4.69) is 0 Å². The Balaban J connectivity index is 0.000000235. The minimum absolute atomic E-state index is 0.0856. The molecule has 4 aromatic rings. The molecular weight excluding hydrogens is 805 g/mol. The predicted molar refractivity (Wildman–Crippen MR) is 227 cm³/mol. The molecule has 2 aliphatic rings. The molecule has 6 rings (SSSR count). The van der Waals surface area contributed by atoms with Crippen LogP contribution in [0.15, 0.2) is 72.8 Å². The summed E-state index contributed by atoms with van der Waals surface area (Å²) in [7, 11) is 4.08. The number of fused-ring (bicyclic) bond motifs is 2. The zero-order chi connectivity index (χ0) is 44.9. The van der Waals surface area contributed by atoms with Crippen molar-refractivity contribution in [1.82, 2.24) is 9.80 Å². The van der Waals surface area contributed by atoms with Crippen molar-refractivity contribution in [3.8, 4) is 23.0 Å². The number of nitrogens with zero attached hydrogens (tertiary/aromatic N) is 4. The van der Waals surface area contributed by atoms with Crippen LogP contribution in [0.2, 0.25) is 0 Å². The van der Waals surface area contributed by atoms with Crippen molar-refractivity contribution in [1.29, 1.82) is 0 Å². The van der Waals surface area contributed by atoms with Gasteiger partial charge in [-0.3, -0.25) is 29.8 Å². The van der Waals surface area contributed by atoms with E-state index in [-0.39, 0.29) is 65.9 Å². The molecule has 17 heteroatoms. The van der Waals surface area contributed by atoms with E-state index in [9.17, 15) is 39.7 Å². The number of aliphatic hydroxyl groups excluding tert-OH is 1. The second-order valence-corrected chi connectivity index (χ2v) is 14.6. The molecule has 2 heterocycles. The zero-order valence-electron chi connectivity index (χ0n) is 35.5. The minimum atomic E-state index is -0.895. The highest BCUT2D eigenvalue weighted by Crippen LogP contribution is 2.38. The third-order valence-corrected chi connectivity index (χ3v) is 10.7. The smallest absolute Gasteiger partial charge is 0.328 e. The zero-order valence-corrected chi connectivity index (χ0v) is 35.5. The fourth-order valence-electron chi connectivity index (χ4n) is 7.32. The minimum Gasteiger partial charge on any atom is -0.493 e. The SMILES string of the molecule is CCCCOc1cc([N+](=O)[O-])c(C(=O)N2Cc3ccccc3C[C@H]2C(=O)OC)cc1OC.CCCCOc1cc([N+](=O)[O-])c(C(=O)N2Cc3ccccc3C[C@H]2CO)cc1OC. The van der Waals surface area contributed by atoms with E-state index < -0.39 is 45.4 Å². The van der Waals surface area contributed by atoms with Crippen molar-refractivity contribution >= 4 is 29.2 Å². The molecule has 2 aliphatic heterocycles. The van der Waals surface area contributed by atoms with Crippen LogP contribution < -0.4 is 18.9 Å². The molecule has 330 valence electrons. The van der Waals surface area contributed by atoms with Crippen molar-refractivity contribution in [2.75, 3.05) is 41.2 Å². The molecule has 62 heavy (non-hydrogen) atoms. The van der Waals surface area contributed by atoms with Gasteiger partial charge in [-0.2, -0.15) is 0 Å². The first kappa shape index (κ1) is 46.3. The third kappa shape index (κ3) is 10.6. The van der Waals surface area contributed by atoms with Crippen LogP contribution in [0, 0.1) is 20.2 Å². The monoisotopic (exact) mass is 856 g/mol. The number of unbranched alkanes of at least 4 members (excludes halogenated alkanes) is 2. The molecule has 0 fully saturated rings. The lowest BCUT2D eigenvalue weighted by molar-refractivity contribution is -0.385. The number of carbonyl (C=O) groups excluding carboxylic acids is 3. The first-order chi connectivity index (χ1) is 29.9. The normalized spacial score (nSPS) is 15.2. The summed E-state index contributed by atoms with van der Waals surface area (Å²) in [4.78, 5) is 64.5. The van der Waals surface area contributed by atoms with Gasteiger partial charge < -0.3 is 38.6 Å². The maximum absolute atomic E-state index is 13.5. The molecule has 0 aromatic heterocycles. The number of benzene rings is 4. The van der Waals surface area contributed by atoms with Crippen molar-refractivity contribution in [2.45, 2.75) is 77.5 Å². The second kappa shape index (κ2) is 21.7. The maximum Gasteiger partial charge on any atom is 0.328 e. The molecule has 0 saturated heterocycles. The summed E-state index contributed by atoms with van der Waals surface area (Å²) in [6.07, 6.45) is 4.13. The number of carbonyl (C=O) groups is 3. The molecule has 0 radical (unpaired) electrons. The van der Waals surface area contributed by atoms with E-state index in [1.807, 2.05) is 62.4 Å². The number of methoxy groups -OCH3 is 3. The quantitative estimate of drug-likeness (QED) is 0.0529. The molecule has 0 saturated carbocycles. The largest absolute Gasteiger partial charge is 0.493 e. The summed E-state index contributed by atoms with van der Waals surface area (Å²) < 4.78 is 26.8. The van der Waals surface area contributed by atoms with Gasteiger partial charge in [-0.25, -0.2) is 4.79 Å². The summed E-state index contributed by atoms with van der Waals surface area (Å²) in [6, 6.07) is 18.9. The number of amides is 2. The summed E-state index contributed by atoms with van der Waals surface area (Å²) in [6.45, 7) is 4.94. The van der Waals surface area contributed by atoms with Crippen LogP contribution in [-0.4, -0.2) is 95.8 Å². The van der Waals surface area contributed by atoms with Crippen LogP contribution >= 0.6 is 0 Å². The molecule has 2 atom stereocenters. The average Bonchev–Trinajstić information content (AvgIpc) is 3.29. The Morgan fingerprint density at radius 1 is 0.661 bits per heavy atom. The summed E-state index contributed by atoms with van der Waals surface area (Å²) in [5.74, 6) is -0.856. The Morgan fingerprint density at radius 2 is 1.10 bits per heavy atom. The average molecular weight is 857 g/mol. The number of ether oxygens (including phenoxy) is 5. The molecule has 0 bridgehead atoms. The number of hydrogen-bond acceptors (Lipinski definition) is 13. The first-order valence-electron chi connectivity index (χ1n) is 20.3. The van der Waals surface area contributed by atoms with Gasteiger partial charge in [0, 0.05) is 31.6 Å².